The van der Waals surface area contributed by atoms with Gasteiger partial charge in [0.25, 0.3) is 11.8 Å². The maximum Gasteiger partial charge on any atom is 0.416 e. The number of benzene rings is 1. The van der Waals surface area contributed by atoms with Gasteiger partial charge in [0, 0.05) is 10.9 Å². The van der Waals surface area contributed by atoms with Gasteiger partial charge in [0.1, 0.15) is 12.0 Å². The van der Waals surface area contributed by atoms with E-state index in [9.17, 15) is 22.8 Å². The van der Waals surface area contributed by atoms with E-state index in [0.29, 0.717) is 11.5 Å². The molecule has 0 aliphatic carbocycles. The summed E-state index contributed by atoms with van der Waals surface area (Å²) in [6, 6.07) is 5.24. The number of hydrogen-bond donors (Lipinski definition) is 2. The minimum Gasteiger partial charge on any atom is -0.462 e. The second-order valence-corrected chi connectivity index (χ2v) is 5.99. The predicted octanol–water partition coefficient (Wildman–Crippen LogP) is 3.77. The molecule has 3 aromatic rings. The molecule has 0 aliphatic rings. The number of hydrogen-bond acceptors (Lipinski definition) is 5. The van der Waals surface area contributed by atoms with Gasteiger partial charge in [0.05, 0.1) is 11.1 Å². The molecule has 0 bridgehead atoms. The summed E-state index contributed by atoms with van der Waals surface area (Å²) in [6.45, 7) is 0. The Hall–Kier alpha value is -3.14. The maximum atomic E-state index is 12.5. The molecule has 26 heavy (non-hydrogen) atoms. The van der Waals surface area contributed by atoms with E-state index in [4.69, 9.17) is 10.2 Å². The van der Waals surface area contributed by atoms with Gasteiger partial charge in [-0.15, -0.1) is 11.3 Å². The first-order valence-electron chi connectivity index (χ1n) is 7.07. The summed E-state index contributed by atoms with van der Waals surface area (Å²) in [4.78, 5) is 27.3. The number of furan rings is 1. The molecule has 2 amide bonds. The third kappa shape index (κ3) is 3.75. The van der Waals surface area contributed by atoms with Crippen LogP contribution in [0, 0.1) is 0 Å². The van der Waals surface area contributed by atoms with Crippen molar-refractivity contribution in [2.24, 2.45) is 5.73 Å². The Morgan fingerprint density at radius 1 is 1.15 bits per heavy atom. The summed E-state index contributed by atoms with van der Waals surface area (Å²) in [7, 11) is 0. The van der Waals surface area contributed by atoms with E-state index in [-0.39, 0.29) is 16.3 Å². The van der Waals surface area contributed by atoms with Crippen LogP contribution in [-0.4, -0.2) is 16.8 Å². The lowest BCUT2D eigenvalue weighted by Crippen LogP contribution is -2.12. The standard InChI is InChI=1S/C16H10F3N3O3S/c17-16(18,19)10-3-1-8(2-4-10)14(24)22-15-21-11(7-26-15)12-5-9(6-25-12)13(20)23/h1-7H,(H2,20,23)(H,21,22,24). The van der Waals surface area contributed by atoms with E-state index in [2.05, 4.69) is 10.3 Å². The molecule has 2 heterocycles. The van der Waals surface area contributed by atoms with Crippen LogP contribution in [0.25, 0.3) is 11.5 Å². The molecule has 0 aliphatic heterocycles. The first-order chi connectivity index (χ1) is 12.2. The second kappa shape index (κ2) is 6.64. The van der Waals surface area contributed by atoms with Crippen molar-refractivity contribution in [2.45, 2.75) is 6.18 Å². The van der Waals surface area contributed by atoms with Crippen molar-refractivity contribution in [3.8, 4) is 11.5 Å². The Kier molecular flexibility index (Phi) is 4.51. The third-order valence-corrected chi connectivity index (χ3v) is 4.09. The van der Waals surface area contributed by atoms with Crippen LogP contribution in [0.3, 0.4) is 0 Å². The van der Waals surface area contributed by atoms with Crippen LogP contribution in [0.2, 0.25) is 0 Å². The van der Waals surface area contributed by atoms with Crippen LogP contribution >= 0.6 is 11.3 Å². The second-order valence-electron chi connectivity index (χ2n) is 5.13. The first-order valence-corrected chi connectivity index (χ1v) is 7.95. The zero-order valence-corrected chi connectivity index (χ0v) is 13.6. The average molecular weight is 381 g/mol. The number of halogens is 3. The highest BCUT2D eigenvalue weighted by atomic mass is 32.1. The number of nitrogens with zero attached hydrogens (tertiary/aromatic N) is 1. The molecule has 0 atom stereocenters. The quantitative estimate of drug-likeness (QED) is 0.719. The molecule has 0 fully saturated rings. The lowest BCUT2D eigenvalue weighted by molar-refractivity contribution is -0.137. The number of amides is 2. The summed E-state index contributed by atoms with van der Waals surface area (Å²) >= 11 is 1.09. The number of carbonyl (C=O) groups is 2. The van der Waals surface area contributed by atoms with E-state index >= 15 is 0 Å². The number of carbonyl (C=O) groups excluding carboxylic acids is 2. The summed E-state index contributed by atoms with van der Waals surface area (Å²) in [5.41, 5.74) is 4.92. The maximum absolute atomic E-state index is 12.5. The summed E-state index contributed by atoms with van der Waals surface area (Å²) in [5, 5.41) is 4.30. The molecule has 134 valence electrons. The molecule has 0 saturated heterocycles. The number of aromatic nitrogens is 1. The number of primary amides is 1. The van der Waals surface area contributed by atoms with Crippen LogP contribution in [0.4, 0.5) is 18.3 Å². The molecule has 0 spiro atoms. The fourth-order valence-corrected chi connectivity index (χ4v) is 2.72. The van der Waals surface area contributed by atoms with E-state index in [1.807, 2.05) is 0 Å². The molecule has 10 heteroatoms. The molecule has 0 saturated carbocycles. The largest absolute Gasteiger partial charge is 0.462 e. The Morgan fingerprint density at radius 2 is 1.85 bits per heavy atom. The SMILES string of the molecule is NC(=O)c1coc(-c2csc(NC(=O)c3ccc(C(F)(F)F)cc3)n2)c1. The van der Waals surface area contributed by atoms with Crippen molar-refractivity contribution in [1.82, 2.24) is 4.98 Å². The normalized spacial score (nSPS) is 11.3. The van der Waals surface area contributed by atoms with Gasteiger partial charge in [-0.3, -0.25) is 14.9 Å². The fourth-order valence-electron chi connectivity index (χ4n) is 2.02. The summed E-state index contributed by atoms with van der Waals surface area (Å²) in [6.07, 6.45) is -3.27. The Balaban J connectivity index is 1.72. The van der Waals surface area contributed by atoms with E-state index in [1.165, 1.54) is 12.3 Å². The molecule has 6 nitrogen and oxygen atoms in total. The van der Waals surface area contributed by atoms with Crippen LogP contribution in [0.1, 0.15) is 26.3 Å². The lowest BCUT2D eigenvalue weighted by atomic mass is 10.1. The van der Waals surface area contributed by atoms with Gasteiger partial charge in [0.15, 0.2) is 10.9 Å². The Morgan fingerprint density at radius 3 is 2.42 bits per heavy atom. The number of nitrogens with one attached hydrogen (secondary N) is 1. The van der Waals surface area contributed by atoms with Gasteiger partial charge in [-0.05, 0) is 30.3 Å². The molecule has 0 radical (unpaired) electrons. The zero-order chi connectivity index (χ0) is 18.9. The molecule has 1 aromatic carbocycles. The van der Waals surface area contributed by atoms with Crippen LogP contribution in [0.15, 0.2) is 46.4 Å². The van der Waals surface area contributed by atoms with Crippen molar-refractivity contribution in [3.05, 3.63) is 58.7 Å². The van der Waals surface area contributed by atoms with Gasteiger partial charge in [-0.1, -0.05) is 0 Å². The topological polar surface area (TPSA) is 98.2 Å². The third-order valence-electron chi connectivity index (χ3n) is 3.34. The van der Waals surface area contributed by atoms with E-state index in [1.54, 1.807) is 5.38 Å². The van der Waals surface area contributed by atoms with Crippen molar-refractivity contribution < 1.29 is 27.2 Å². The van der Waals surface area contributed by atoms with Crippen LogP contribution < -0.4 is 11.1 Å². The van der Waals surface area contributed by atoms with Gasteiger partial charge in [-0.25, -0.2) is 4.98 Å². The van der Waals surface area contributed by atoms with E-state index in [0.717, 1.165) is 35.6 Å². The summed E-state index contributed by atoms with van der Waals surface area (Å²) < 4.78 is 42.8. The van der Waals surface area contributed by atoms with Gasteiger partial charge < -0.3 is 10.2 Å². The highest BCUT2D eigenvalue weighted by Crippen LogP contribution is 2.30. The number of rotatable bonds is 4. The van der Waals surface area contributed by atoms with Gasteiger partial charge >= 0.3 is 6.18 Å². The lowest BCUT2D eigenvalue weighted by Gasteiger charge is -2.07. The Labute approximate surface area is 148 Å². The van der Waals surface area contributed by atoms with Crippen molar-refractivity contribution in [3.63, 3.8) is 0 Å². The number of alkyl halides is 3. The molecule has 0 unspecified atom stereocenters. The van der Waals surface area contributed by atoms with Crippen LogP contribution in [0.5, 0.6) is 0 Å². The zero-order valence-electron chi connectivity index (χ0n) is 12.8. The fraction of sp³-hybridized carbons (Fsp3) is 0.0625. The minimum absolute atomic E-state index is 0.0590. The van der Waals surface area contributed by atoms with Crippen molar-refractivity contribution >= 4 is 28.3 Å². The monoisotopic (exact) mass is 381 g/mol. The number of anilines is 1. The number of thiazole rings is 1. The molecule has 3 N–H and O–H groups in total. The molecule has 3 rings (SSSR count). The van der Waals surface area contributed by atoms with Crippen LogP contribution in [-0.2, 0) is 6.18 Å². The van der Waals surface area contributed by atoms with Gasteiger partial charge in [0.2, 0.25) is 0 Å². The molecular formula is C16H10F3N3O3S. The highest BCUT2D eigenvalue weighted by Gasteiger charge is 2.30. The molecular weight excluding hydrogens is 371 g/mol. The predicted molar refractivity (Wildman–Crippen MR) is 87.7 cm³/mol. The smallest absolute Gasteiger partial charge is 0.416 e. The van der Waals surface area contributed by atoms with Gasteiger partial charge in [-0.2, -0.15) is 13.2 Å². The Bertz CT molecular complexity index is 961. The average Bonchev–Trinajstić information content (AvgIpc) is 3.23. The highest BCUT2D eigenvalue weighted by molar-refractivity contribution is 7.14. The van der Waals surface area contributed by atoms with Crippen molar-refractivity contribution in [1.29, 1.82) is 0 Å². The number of nitrogens with two attached hydrogens (primary N) is 1. The minimum atomic E-state index is -4.47. The first kappa shape index (κ1) is 17.7. The molecule has 2 aromatic heterocycles. The summed E-state index contributed by atoms with van der Waals surface area (Å²) in [5.74, 6) is -0.951. The van der Waals surface area contributed by atoms with E-state index < -0.39 is 23.6 Å². The van der Waals surface area contributed by atoms with Crippen molar-refractivity contribution in [2.75, 3.05) is 5.32 Å².